The maximum Gasteiger partial charge on any atom is 0.365 e. The van der Waals surface area contributed by atoms with E-state index in [1.165, 1.54) is 77.0 Å². The van der Waals surface area contributed by atoms with Crippen LogP contribution in [-0.2, 0) is 9.57 Å². The maximum atomic E-state index is 11.7. The molecule has 0 atom stereocenters. The average Bonchev–Trinajstić information content (AvgIpc) is 2.80. The van der Waals surface area contributed by atoms with Crippen LogP contribution in [0.3, 0.4) is 0 Å². The molecule has 0 saturated carbocycles. The predicted octanol–water partition coefficient (Wildman–Crippen LogP) is 7.13. The third-order valence-corrected chi connectivity index (χ3v) is 5.13. The summed E-state index contributed by atoms with van der Waals surface area (Å²) in [4.78, 5) is 16.5. The summed E-state index contributed by atoms with van der Waals surface area (Å²) in [6.07, 6.45) is 22.4. The van der Waals surface area contributed by atoms with Gasteiger partial charge in [0, 0.05) is 0 Å². The van der Waals surface area contributed by atoms with Gasteiger partial charge in [0.2, 0.25) is 0 Å². The number of hydrogen-bond donors (Lipinski definition) is 1. The van der Waals surface area contributed by atoms with Crippen LogP contribution in [0.15, 0.2) is 47.6 Å². The van der Waals surface area contributed by atoms with Crippen molar-refractivity contribution in [3.8, 4) is 0 Å². The molecule has 174 valence electrons. The van der Waals surface area contributed by atoms with Crippen molar-refractivity contribution in [3.05, 3.63) is 48.0 Å². The summed E-state index contributed by atoms with van der Waals surface area (Å²) >= 11 is 0. The molecule has 2 N–H and O–H groups in total. The number of nitrogens with zero attached hydrogens (tertiary/aromatic N) is 1. The fourth-order valence-electron chi connectivity index (χ4n) is 3.27. The molecular formula is C26H42N2O3. The van der Waals surface area contributed by atoms with Gasteiger partial charge in [-0.25, -0.2) is 4.79 Å². The quantitative estimate of drug-likeness (QED) is 0.0671. The molecule has 0 radical (unpaired) electrons. The van der Waals surface area contributed by atoms with Gasteiger partial charge in [0.1, 0.15) is 0 Å². The van der Waals surface area contributed by atoms with E-state index in [0.717, 1.165) is 12.8 Å². The molecule has 0 aliphatic carbocycles. The summed E-state index contributed by atoms with van der Waals surface area (Å²) in [5.41, 5.74) is 6.03. The zero-order valence-electron chi connectivity index (χ0n) is 19.4. The monoisotopic (exact) mass is 430 g/mol. The third kappa shape index (κ3) is 16.1. The molecule has 0 heterocycles. The second kappa shape index (κ2) is 19.7. The Kier molecular flexibility index (Phi) is 16.9. The van der Waals surface area contributed by atoms with E-state index in [4.69, 9.17) is 15.3 Å². The first-order chi connectivity index (χ1) is 15.2. The molecule has 5 heteroatoms. The van der Waals surface area contributed by atoms with Crippen molar-refractivity contribution < 1.29 is 14.4 Å². The van der Waals surface area contributed by atoms with Crippen molar-refractivity contribution in [3.63, 3.8) is 0 Å². The number of oxime groups is 1. The van der Waals surface area contributed by atoms with Gasteiger partial charge >= 0.3 is 12.0 Å². The Labute approximate surface area is 189 Å². The zero-order valence-corrected chi connectivity index (χ0v) is 19.4. The molecule has 0 fully saturated rings. The number of allylic oxidation sites excluding steroid dienone is 2. The highest BCUT2D eigenvalue weighted by atomic mass is 16.7. The molecule has 5 nitrogen and oxygen atoms in total. The van der Waals surface area contributed by atoms with Gasteiger partial charge in [-0.1, -0.05) is 95.1 Å². The van der Waals surface area contributed by atoms with Gasteiger partial charge in [-0.05, 0) is 49.4 Å². The Morgan fingerprint density at radius 1 is 0.839 bits per heavy atom. The van der Waals surface area contributed by atoms with Crippen LogP contribution in [0.1, 0.15) is 107 Å². The van der Waals surface area contributed by atoms with Crippen molar-refractivity contribution in [2.45, 2.75) is 96.8 Å². The molecule has 0 amide bonds. The van der Waals surface area contributed by atoms with Gasteiger partial charge < -0.3 is 15.3 Å². The van der Waals surface area contributed by atoms with E-state index >= 15 is 0 Å². The Bertz CT molecular complexity index is 614. The van der Waals surface area contributed by atoms with Crippen LogP contribution in [0.4, 0.5) is 0 Å². The summed E-state index contributed by atoms with van der Waals surface area (Å²) in [5, 5.41) is 3.53. The minimum absolute atomic E-state index is 0.114. The number of rotatable bonds is 18. The third-order valence-electron chi connectivity index (χ3n) is 5.13. The molecule has 1 aromatic rings. The Hall–Kier alpha value is -2.30. The number of amidine groups is 1. The summed E-state index contributed by atoms with van der Waals surface area (Å²) < 4.78 is 5.29. The summed E-state index contributed by atoms with van der Waals surface area (Å²) in [6, 6.07) is 8.54. The minimum Gasteiger partial charge on any atom is -0.463 e. The number of carbonyl (C=O) groups is 1. The molecule has 0 aliphatic rings. The van der Waals surface area contributed by atoms with Crippen molar-refractivity contribution in [1.29, 1.82) is 0 Å². The second-order valence-corrected chi connectivity index (χ2v) is 7.96. The van der Waals surface area contributed by atoms with E-state index in [9.17, 15) is 4.79 Å². The van der Waals surface area contributed by atoms with Crippen molar-refractivity contribution in [2.75, 3.05) is 6.61 Å². The lowest BCUT2D eigenvalue weighted by Gasteiger charge is -2.04. The summed E-state index contributed by atoms with van der Waals surface area (Å²) in [7, 11) is 0. The molecule has 0 saturated heterocycles. The molecule has 1 rings (SSSR count). The van der Waals surface area contributed by atoms with E-state index in [-0.39, 0.29) is 6.02 Å². The highest BCUT2D eigenvalue weighted by Gasteiger charge is 2.06. The maximum absolute atomic E-state index is 11.7. The largest absolute Gasteiger partial charge is 0.463 e. The van der Waals surface area contributed by atoms with Gasteiger partial charge in [0.05, 0.1) is 12.2 Å². The first-order valence-electron chi connectivity index (χ1n) is 12.1. The molecule has 0 bridgehead atoms. The Morgan fingerprint density at radius 3 is 2.00 bits per heavy atom. The van der Waals surface area contributed by atoms with Crippen LogP contribution in [0, 0.1) is 0 Å². The normalized spacial score (nSPS) is 11.7. The standard InChI is InChI=1S/C26H42N2O3/c1-2-3-4-5-6-7-8-9-10-11-12-13-14-15-16-20-23-30-26(27)28-31-25(29)24-21-18-17-19-22-24/h9-10,17-19,21-22H,2-8,11-16,20,23H2,1H3,(H2,27,28)/b10-9+. The van der Waals surface area contributed by atoms with Crippen LogP contribution in [0.2, 0.25) is 0 Å². The lowest BCUT2D eigenvalue weighted by atomic mass is 10.1. The highest BCUT2D eigenvalue weighted by molar-refractivity contribution is 5.89. The van der Waals surface area contributed by atoms with Crippen LogP contribution in [-0.4, -0.2) is 18.6 Å². The van der Waals surface area contributed by atoms with E-state index in [0.29, 0.717) is 12.2 Å². The Balaban J connectivity index is 1.87. The predicted molar refractivity (Wildman–Crippen MR) is 129 cm³/mol. The van der Waals surface area contributed by atoms with Crippen molar-refractivity contribution in [1.82, 2.24) is 0 Å². The Morgan fingerprint density at radius 2 is 1.39 bits per heavy atom. The first-order valence-corrected chi connectivity index (χ1v) is 12.1. The number of benzene rings is 1. The number of nitrogens with two attached hydrogens (primary N) is 1. The highest BCUT2D eigenvalue weighted by Crippen LogP contribution is 2.10. The summed E-state index contributed by atoms with van der Waals surface area (Å²) in [5.74, 6) is -0.551. The summed E-state index contributed by atoms with van der Waals surface area (Å²) in [6.45, 7) is 2.75. The average molecular weight is 431 g/mol. The van der Waals surface area contributed by atoms with Crippen LogP contribution in [0.5, 0.6) is 0 Å². The fraction of sp³-hybridized carbons (Fsp3) is 0.615. The number of unbranched alkanes of at least 4 members (excludes halogenated alkanes) is 12. The van der Waals surface area contributed by atoms with Crippen LogP contribution < -0.4 is 5.73 Å². The fourth-order valence-corrected chi connectivity index (χ4v) is 3.27. The smallest absolute Gasteiger partial charge is 0.365 e. The van der Waals surface area contributed by atoms with E-state index < -0.39 is 5.97 Å². The number of hydrogen-bond acceptors (Lipinski definition) is 4. The van der Waals surface area contributed by atoms with E-state index in [1.54, 1.807) is 24.3 Å². The number of carbonyl (C=O) groups excluding carboxylic acids is 1. The molecule has 0 spiro atoms. The first kappa shape index (κ1) is 26.7. The molecular weight excluding hydrogens is 388 g/mol. The van der Waals surface area contributed by atoms with Crippen molar-refractivity contribution in [2.24, 2.45) is 10.9 Å². The van der Waals surface area contributed by atoms with Crippen LogP contribution >= 0.6 is 0 Å². The zero-order chi connectivity index (χ0) is 22.4. The lowest BCUT2D eigenvalue weighted by Crippen LogP contribution is -2.18. The van der Waals surface area contributed by atoms with Crippen LogP contribution in [0.25, 0.3) is 0 Å². The van der Waals surface area contributed by atoms with Gasteiger partial charge in [0.15, 0.2) is 0 Å². The van der Waals surface area contributed by atoms with Gasteiger partial charge in [-0.2, -0.15) is 0 Å². The molecule has 0 aliphatic heterocycles. The number of ether oxygens (including phenoxy) is 1. The SMILES string of the molecule is CCCCCCCC/C=C/CCCCCCCCO/C(N)=N/OC(=O)c1ccccc1. The van der Waals surface area contributed by atoms with Gasteiger partial charge in [-0.15, -0.1) is 0 Å². The molecule has 31 heavy (non-hydrogen) atoms. The molecule has 0 aromatic heterocycles. The molecule has 0 unspecified atom stereocenters. The van der Waals surface area contributed by atoms with Gasteiger partial charge in [0.25, 0.3) is 0 Å². The topological polar surface area (TPSA) is 73.9 Å². The minimum atomic E-state index is -0.551. The lowest BCUT2D eigenvalue weighted by molar-refractivity contribution is 0.0499. The van der Waals surface area contributed by atoms with Gasteiger partial charge in [-0.3, -0.25) is 0 Å². The van der Waals surface area contributed by atoms with E-state index in [2.05, 4.69) is 24.2 Å². The van der Waals surface area contributed by atoms with E-state index in [1.807, 2.05) is 6.07 Å². The van der Waals surface area contributed by atoms with Crippen molar-refractivity contribution >= 4 is 12.0 Å². The second-order valence-electron chi connectivity index (χ2n) is 7.96. The molecule has 1 aromatic carbocycles.